The zero-order valence-corrected chi connectivity index (χ0v) is 10.1. The van der Waals surface area contributed by atoms with Crippen molar-refractivity contribution in [3.8, 4) is 0 Å². The molecule has 0 aliphatic heterocycles. The monoisotopic (exact) mass is 253 g/mol. The summed E-state index contributed by atoms with van der Waals surface area (Å²) in [5, 5.41) is 4.98. The lowest BCUT2D eigenvalue weighted by atomic mass is 10.1. The summed E-state index contributed by atoms with van der Waals surface area (Å²) in [6.45, 7) is 0. The first-order valence-corrected chi connectivity index (χ1v) is 6.06. The molecule has 0 aliphatic rings. The molecule has 0 bridgehead atoms. The first-order chi connectivity index (χ1) is 8.84. The van der Waals surface area contributed by atoms with E-state index >= 15 is 0 Å². The Labute approximate surface area is 108 Å². The lowest BCUT2D eigenvalue weighted by molar-refractivity contribution is 0.670. The minimum Gasteiger partial charge on any atom is -0.454 e. The summed E-state index contributed by atoms with van der Waals surface area (Å²) >= 11 is 6.20. The maximum atomic E-state index is 6.20. The molecule has 4 aromatic rings. The van der Waals surface area contributed by atoms with Crippen LogP contribution in [0.15, 0.2) is 53.2 Å². The lowest BCUT2D eigenvalue weighted by Crippen LogP contribution is -1.75. The summed E-state index contributed by atoms with van der Waals surface area (Å²) in [4.78, 5) is 4.09. The fourth-order valence-corrected chi connectivity index (χ4v) is 2.65. The van der Waals surface area contributed by atoms with Gasteiger partial charge in [-0.1, -0.05) is 29.8 Å². The van der Waals surface area contributed by atoms with Gasteiger partial charge in [-0.15, -0.1) is 0 Å². The van der Waals surface area contributed by atoms with Crippen molar-refractivity contribution in [2.24, 2.45) is 0 Å². The lowest BCUT2D eigenvalue weighted by Gasteiger charge is -2.00. The van der Waals surface area contributed by atoms with Gasteiger partial charge in [0.2, 0.25) is 0 Å². The largest absolute Gasteiger partial charge is 0.454 e. The van der Waals surface area contributed by atoms with Gasteiger partial charge in [-0.3, -0.25) is 4.98 Å². The molecule has 2 aromatic carbocycles. The number of hydrogen-bond donors (Lipinski definition) is 0. The van der Waals surface area contributed by atoms with Crippen LogP contribution in [0.25, 0.3) is 32.7 Å². The van der Waals surface area contributed by atoms with Crippen LogP contribution in [0.3, 0.4) is 0 Å². The minimum atomic E-state index is 0.744. The first-order valence-electron chi connectivity index (χ1n) is 5.68. The molecule has 2 heterocycles. The molecule has 0 N–H and O–H groups in total. The molecular formula is C15H8ClNO. The van der Waals surface area contributed by atoms with Gasteiger partial charge in [0.1, 0.15) is 5.58 Å². The van der Waals surface area contributed by atoms with E-state index < -0.39 is 0 Å². The SMILES string of the molecule is Clc1cccc2c1ccc1c3ccncc3oc21. The van der Waals surface area contributed by atoms with Crippen LogP contribution in [0.4, 0.5) is 0 Å². The third kappa shape index (κ3) is 1.21. The molecule has 86 valence electrons. The predicted molar refractivity (Wildman–Crippen MR) is 74.0 cm³/mol. The van der Waals surface area contributed by atoms with Gasteiger partial charge in [-0.05, 0) is 18.2 Å². The first kappa shape index (κ1) is 9.92. The molecule has 0 spiro atoms. The molecule has 0 radical (unpaired) electrons. The van der Waals surface area contributed by atoms with E-state index in [0.29, 0.717) is 0 Å². The molecule has 18 heavy (non-hydrogen) atoms. The van der Waals surface area contributed by atoms with E-state index in [0.717, 1.165) is 37.7 Å². The standard InChI is InChI=1S/C15H8ClNO/c16-13-3-1-2-11-9(13)4-5-12-10-6-7-17-8-14(10)18-15(11)12/h1-8H. The van der Waals surface area contributed by atoms with Crippen molar-refractivity contribution in [3.05, 3.63) is 53.8 Å². The average Bonchev–Trinajstić information content (AvgIpc) is 2.78. The molecule has 0 amide bonds. The van der Waals surface area contributed by atoms with Crippen LogP contribution in [0, 0.1) is 0 Å². The Morgan fingerprint density at radius 1 is 0.889 bits per heavy atom. The number of furan rings is 1. The molecule has 0 unspecified atom stereocenters. The summed E-state index contributed by atoms with van der Waals surface area (Å²) < 4.78 is 5.90. The Kier molecular flexibility index (Phi) is 1.91. The van der Waals surface area contributed by atoms with Crippen LogP contribution in [0.1, 0.15) is 0 Å². The van der Waals surface area contributed by atoms with Crippen molar-refractivity contribution < 1.29 is 4.42 Å². The van der Waals surface area contributed by atoms with Crippen molar-refractivity contribution in [1.82, 2.24) is 4.98 Å². The van der Waals surface area contributed by atoms with E-state index in [2.05, 4.69) is 11.1 Å². The van der Waals surface area contributed by atoms with Crippen molar-refractivity contribution in [2.75, 3.05) is 0 Å². The quantitative estimate of drug-likeness (QED) is 0.450. The second-order valence-corrected chi connectivity index (χ2v) is 4.66. The van der Waals surface area contributed by atoms with Crippen molar-refractivity contribution >= 4 is 44.3 Å². The minimum absolute atomic E-state index is 0.744. The van der Waals surface area contributed by atoms with E-state index in [-0.39, 0.29) is 0 Å². The molecule has 3 heteroatoms. The number of benzene rings is 2. The third-order valence-corrected chi connectivity index (χ3v) is 3.58. The summed E-state index contributed by atoms with van der Waals surface area (Å²) in [5.41, 5.74) is 1.68. The molecule has 2 aromatic heterocycles. The Bertz CT molecular complexity index is 895. The number of pyridine rings is 1. The van der Waals surface area contributed by atoms with Gasteiger partial charge in [0.15, 0.2) is 5.58 Å². The van der Waals surface area contributed by atoms with E-state index in [1.165, 1.54) is 0 Å². The van der Waals surface area contributed by atoms with Gasteiger partial charge in [-0.25, -0.2) is 0 Å². The van der Waals surface area contributed by atoms with Crippen molar-refractivity contribution in [3.63, 3.8) is 0 Å². The Balaban J connectivity index is 2.32. The molecule has 0 saturated heterocycles. The Morgan fingerprint density at radius 3 is 2.67 bits per heavy atom. The van der Waals surface area contributed by atoms with Gasteiger partial charge in [-0.2, -0.15) is 0 Å². The van der Waals surface area contributed by atoms with Crippen LogP contribution in [-0.2, 0) is 0 Å². The molecule has 4 rings (SSSR count). The van der Waals surface area contributed by atoms with Gasteiger partial charge < -0.3 is 4.42 Å². The summed E-state index contributed by atoms with van der Waals surface area (Å²) in [7, 11) is 0. The molecule has 0 saturated carbocycles. The highest BCUT2D eigenvalue weighted by Gasteiger charge is 2.10. The van der Waals surface area contributed by atoms with Gasteiger partial charge in [0.05, 0.1) is 6.20 Å². The van der Waals surface area contributed by atoms with Crippen LogP contribution in [0.5, 0.6) is 0 Å². The number of aromatic nitrogens is 1. The predicted octanol–water partition coefficient (Wildman–Crippen LogP) is 4.79. The maximum absolute atomic E-state index is 6.20. The van der Waals surface area contributed by atoms with Crippen LogP contribution < -0.4 is 0 Å². The average molecular weight is 254 g/mol. The number of fused-ring (bicyclic) bond motifs is 5. The van der Waals surface area contributed by atoms with Crippen molar-refractivity contribution in [1.29, 1.82) is 0 Å². The van der Waals surface area contributed by atoms with E-state index in [9.17, 15) is 0 Å². The number of rotatable bonds is 0. The zero-order valence-electron chi connectivity index (χ0n) is 9.35. The molecule has 2 nitrogen and oxygen atoms in total. The number of halogens is 1. The summed E-state index contributed by atoms with van der Waals surface area (Å²) in [6.07, 6.45) is 3.52. The summed E-state index contributed by atoms with van der Waals surface area (Å²) in [5.74, 6) is 0. The van der Waals surface area contributed by atoms with E-state index in [4.69, 9.17) is 16.0 Å². The molecule has 0 fully saturated rings. The second-order valence-electron chi connectivity index (χ2n) is 4.25. The highest BCUT2D eigenvalue weighted by atomic mass is 35.5. The van der Waals surface area contributed by atoms with Gasteiger partial charge >= 0.3 is 0 Å². The van der Waals surface area contributed by atoms with Crippen LogP contribution in [-0.4, -0.2) is 4.98 Å². The highest BCUT2D eigenvalue weighted by Crippen LogP contribution is 2.35. The van der Waals surface area contributed by atoms with Gasteiger partial charge in [0.25, 0.3) is 0 Å². The molecule has 0 aliphatic carbocycles. The van der Waals surface area contributed by atoms with E-state index in [1.807, 2.05) is 30.3 Å². The third-order valence-electron chi connectivity index (χ3n) is 3.25. The molecule has 0 atom stereocenters. The normalized spacial score (nSPS) is 11.6. The smallest absolute Gasteiger partial charge is 0.153 e. The number of hydrogen-bond acceptors (Lipinski definition) is 2. The highest BCUT2D eigenvalue weighted by molar-refractivity contribution is 6.36. The van der Waals surface area contributed by atoms with Crippen LogP contribution in [0.2, 0.25) is 5.02 Å². The number of nitrogens with zero attached hydrogens (tertiary/aromatic N) is 1. The zero-order chi connectivity index (χ0) is 12.1. The maximum Gasteiger partial charge on any atom is 0.153 e. The Morgan fingerprint density at radius 2 is 1.72 bits per heavy atom. The van der Waals surface area contributed by atoms with Gasteiger partial charge in [0, 0.05) is 32.8 Å². The molecular weight excluding hydrogens is 246 g/mol. The second kappa shape index (κ2) is 3.47. The van der Waals surface area contributed by atoms with E-state index in [1.54, 1.807) is 12.4 Å². The fourth-order valence-electron chi connectivity index (χ4n) is 2.41. The van der Waals surface area contributed by atoms with Crippen LogP contribution >= 0.6 is 11.6 Å². The topological polar surface area (TPSA) is 26.0 Å². The fraction of sp³-hybridized carbons (Fsp3) is 0. The van der Waals surface area contributed by atoms with Crippen molar-refractivity contribution in [2.45, 2.75) is 0 Å². The Hall–Kier alpha value is -2.06. The summed E-state index contributed by atoms with van der Waals surface area (Å²) in [6, 6.07) is 11.9.